The van der Waals surface area contributed by atoms with E-state index in [4.69, 9.17) is 0 Å². The highest BCUT2D eigenvalue weighted by Gasteiger charge is 2.35. The molecule has 0 N–H and O–H groups in total. The molecule has 0 radical (unpaired) electrons. The molecule has 0 amide bonds. The Morgan fingerprint density at radius 3 is 1.61 bits per heavy atom. The molecule has 0 spiro atoms. The third-order valence-electron chi connectivity index (χ3n) is 7.92. The molecule has 0 unspecified atom stereocenters. The molecule has 1 aliphatic carbocycles. The van der Waals surface area contributed by atoms with E-state index in [0.717, 1.165) is 21.9 Å². The summed E-state index contributed by atoms with van der Waals surface area (Å²) in [5.41, 5.74) is 9.78. The Labute approximate surface area is 210 Å². The number of halogens is 1. The Hall–Kier alpha value is -4.23. The Kier molecular flexibility index (Phi) is 4.47. The van der Waals surface area contributed by atoms with Crippen LogP contribution in [0.3, 0.4) is 0 Å². The van der Waals surface area contributed by atoms with E-state index >= 15 is 0 Å². The minimum absolute atomic E-state index is 0.0605. The molecule has 0 fully saturated rings. The number of rotatable bonds is 2. The molecule has 7 rings (SSSR count). The van der Waals surface area contributed by atoms with Gasteiger partial charge in [0.15, 0.2) is 0 Å². The summed E-state index contributed by atoms with van der Waals surface area (Å²) >= 11 is 0. The summed E-state index contributed by atoms with van der Waals surface area (Å²) in [4.78, 5) is 0. The quantitative estimate of drug-likeness (QED) is 0.224. The lowest BCUT2D eigenvalue weighted by Gasteiger charge is -2.23. The highest BCUT2D eigenvalue weighted by Crippen LogP contribution is 2.51. The third-order valence-corrected chi connectivity index (χ3v) is 7.92. The molecule has 1 heteroatoms. The van der Waals surface area contributed by atoms with Crippen LogP contribution in [-0.4, -0.2) is 0 Å². The number of fused-ring (bicyclic) bond motifs is 5. The second-order valence-corrected chi connectivity index (χ2v) is 10.3. The van der Waals surface area contributed by atoms with E-state index in [0.29, 0.717) is 0 Å². The number of benzene rings is 6. The van der Waals surface area contributed by atoms with Crippen molar-refractivity contribution in [3.8, 4) is 33.4 Å². The van der Waals surface area contributed by atoms with E-state index in [9.17, 15) is 4.39 Å². The summed E-state index contributed by atoms with van der Waals surface area (Å²) in [6, 6.07) is 39.8. The molecule has 36 heavy (non-hydrogen) atoms. The van der Waals surface area contributed by atoms with E-state index in [1.807, 2.05) is 6.07 Å². The largest absolute Gasteiger partial charge is 0.207 e. The van der Waals surface area contributed by atoms with Crippen LogP contribution in [0.5, 0.6) is 0 Å². The second kappa shape index (κ2) is 7.63. The molecule has 6 aromatic rings. The minimum atomic E-state index is -0.217. The molecule has 0 bridgehead atoms. The first-order chi connectivity index (χ1) is 17.5. The van der Waals surface area contributed by atoms with Gasteiger partial charge in [-0.1, -0.05) is 111 Å². The van der Waals surface area contributed by atoms with E-state index in [-0.39, 0.29) is 11.2 Å². The van der Waals surface area contributed by atoms with Crippen molar-refractivity contribution in [1.29, 1.82) is 0 Å². The van der Waals surface area contributed by atoms with Crippen LogP contribution in [0.2, 0.25) is 0 Å². The van der Waals surface area contributed by atoms with E-state index in [1.54, 1.807) is 12.1 Å². The minimum Gasteiger partial charge on any atom is -0.207 e. The summed E-state index contributed by atoms with van der Waals surface area (Å²) in [6.45, 7) is 4.65. The zero-order valence-corrected chi connectivity index (χ0v) is 20.3. The molecule has 6 aromatic carbocycles. The van der Waals surface area contributed by atoms with E-state index in [1.165, 1.54) is 50.2 Å². The highest BCUT2D eigenvalue weighted by atomic mass is 19.1. The van der Waals surface area contributed by atoms with Crippen molar-refractivity contribution >= 4 is 21.5 Å². The molecule has 0 aromatic heterocycles. The molecular weight excluding hydrogens is 439 g/mol. The fraction of sp³-hybridized carbons (Fsp3) is 0.0857. The Bertz CT molecular complexity index is 1770. The zero-order valence-electron chi connectivity index (χ0n) is 20.3. The summed E-state index contributed by atoms with van der Waals surface area (Å²) in [5.74, 6) is -0.217. The monoisotopic (exact) mass is 464 g/mol. The molecule has 172 valence electrons. The maximum Gasteiger partial charge on any atom is 0.123 e. The summed E-state index contributed by atoms with van der Waals surface area (Å²) in [6.07, 6.45) is 0. The van der Waals surface area contributed by atoms with Gasteiger partial charge in [-0.2, -0.15) is 0 Å². The molecular formula is C35H25F. The van der Waals surface area contributed by atoms with Gasteiger partial charge < -0.3 is 0 Å². The molecule has 0 aliphatic heterocycles. The maximum atomic E-state index is 14.3. The fourth-order valence-corrected chi connectivity index (χ4v) is 6.25. The SMILES string of the molecule is CC1(C)c2ccccc2-c2ccc(-c3c4ccccc4c(-c4cccc(F)c4)c4ccccc34)cc21. The van der Waals surface area contributed by atoms with Gasteiger partial charge >= 0.3 is 0 Å². The van der Waals surface area contributed by atoms with Gasteiger partial charge in [0.05, 0.1) is 0 Å². The number of hydrogen-bond acceptors (Lipinski definition) is 0. The Morgan fingerprint density at radius 2 is 1.00 bits per heavy atom. The van der Waals surface area contributed by atoms with Gasteiger partial charge in [-0.05, 0) is 84.3 Å². The maximum absolute atomic E-state index is 14.3. The molecule has 1 aliphatic rings. The van der Waals surface area contributed by atoms with Crippen molar-refractivity contribution in [3.05, 3.63) is 132 Å². The van der Waals surface area contributed by atoms with Crippen molar-refractivity contribution in [1.82, 2.24) is 0 Å². The van der Waals surface area contributed by atoms with Crippen LogP contribution >= 0.6 is 0 Å². The molecule has 0 nitrogen and oxygen atoms in total. The molecule has 0 heterocycles. The standard InChI is InChI=1S/C35H25F/c1-35(2)31-17-8-7-12-25(31)26-19-18-23(21-32(26)35)34-29-15-5-3-13-27(29)33(22-10-9-11-24(36)20-22)28-14-4-6-16-30(28)34/h3-21H,1-2H3. The van der Waals surface area contributed by atoms with Crippen LogP contribution in [-0.2, 0) is 5.41 Å². The first-order valence-corrected chi connectivity index (χ1v) is 12.5. The van der Waals surface area contributed by atoms with Crippen LogP contribution in [0.25, 0.3) is 54.9 Å². The van der Waals surface area contributed by atoms with Crippen molar-refractivity contribution in [2.24, 2.45) is 0 Å². The highest BCUT2D eigenvalue weighted by molar-refractivity contribution is 6.21. The number of hydrogen-bond donors (Lipinski definition) is 0. The fourth-order valence-electron chi connectivity index (χ4n) is 6.25. The van der Waals surface area contributed by atoms with Gasteiger partial charge in [-0.15, -0.1) is 0 Å². The smallest absolute Gasteiger partial charge is 0.123 e. The lowest BCUT2D eigenvalue weighted by molar-refractivity contribution is 0.628. The topological polar surface area (TPSA) is 0 Å². The van der Waals surface area contributed by atoms with Crippen molar-refractivity contribution < 1.29 is 4.39 Å². The average Bonchev–Trinajstić information content (AvgIpc) is 3.13. The predicted octanol–water partition coefficient (Wildman–Crippen LogP) is 9.77. The summed E-state index contributed by atoms with van der Waals surface area (Å²) in [5, 5.41) is 4.65. The average molecular weight is 465 g/mol. The van der Waals surface area contributed by atoms with Crippen molar-refractivity contribution in [2.45, 2.75) is 19.3 Å². The van der Waals surface area contributed by atoms with Crippen molar-refractivity contribution in [3.63, 3.8) is 0 Å². The third kappa shape index (κ3) is 2.93. The second-order valence-electron chi connectivity index (χ2n) is 10.3. The first kappa shape index (κ1) is 21.1. The zero-order chi connectivity index (χ0) is 24.4. The lowest BCUT2D eigenvalue weighted by Crippen LogP contribution is -2.14. The molecule has 0 saturated heterocycles. The van der Waals surface area contributed by atoms with Gasteiger partial charge in [0.25, 0.3) is 0 Å². The normalized spacial score (nSPS) is 13.6. The van der Waals surface area contributed by atoms with Crippen LogP contribution in [0.1, 0.15) is 25.0 Å². The van der Waals surface area contributed by atoms with Crippen molar-refractivity contribution in [2.75, 3.05) is 0 Å². The first-order valence-electron chi connectivity index (χ1n) is 12.5. The van der Waals surface area contributed by atoms with Crippen LogP contribution in [0.4, 0.5) is 4.39 Å². The molecule has 0 atom stereocenters. The summed E-state index contributed by atoms with van der Waals surface area (Å²) < 4.78 is 14.3. The van der Waals surface area contributed by atoms with Gasteiger partial charge in [0.1, 0.15) is 5.82 Å². The van der Waals surface area contributed by atoms with Gasteiger partial charge in [0.2, 0.25) is 0 Å². The van der Waals surface area contributed by atoms with Crippen LogP contribution < -0.4 is 0 Å². The van der Waals surface area contributed by atoms with Crippen LogP contribution in [0, 0.1) is 5.82 Å². The van der Waals surface area contributed by atoms with Gasteiger partial charge in [-0.25, -0.2) is 4.39 Å². The van der Waals surface area contributed by atoms with Crippen LogP contribution in [0.15, 0.2) is 115 Å². The van der Waals surface area contributed by atoms with E-state index in [2.05, 4.69) is 105 Å². The summed E-state index contributed by atoms with van der Waals surface area (Å²) in [7, 11) is 0. The Balaban J connectivity index is 1.57. The Morgan fingerprint density at radius 1 is 0.472 bits per heavy atom. The van der Waals surface area contributed by atoms with Gasteiger partial charge in [0, 0.05) is 5.41 Å². The molecule has 0 saturated carbocycles. The lowest BCUT2D eigenvalue weighted by atomic mass is 9.80. The predicted molar refractivity (Wildman–Crippen MR) is 150 cm³/mol. The van der Waals surface area contributed by atoms with E-state index < -0.39 is 0 Å². The van der Waals surface area contributed by atoms with Gasteiger partial charge in [-0.3, -0.25) is 0 Å².